The number of amides is 2. The molecular formula is C23H24BrFN2O6. The van der Waals surface area contributed by atoms with E-state index in [2.05, 4.69) is 15.9 Å². The van der Waals surface area contributed by atoms with Crippen molar-refractivity contribution in [1.82, 2.24) is 9.47 Å². The van der Waals surface area contributed by atoms with Gasteiger partial charge in [-0.2, -0.15) is 0 Å². The van der Waals surface area contributed by atoms with E-state index in [1.165, 1.54) is 30.5 Å². The molecule has 8 nitrogen and oxygen atoms in total. The first-order chi connectivity index (χ1) is 15.4. The van der Waals surface area contributed by atoms with Crippen LogP contribution in [0, 0.1) is 5.82 Å². The number of carbonyl (C=O) groups is 4. The Morgan fingerprint density at radius 2 is 1.88 bits per heavy atom. The summed E-state index contributed by atoms with van der Waals surface area (Å²) < 4.78 is 26.7. The maximum absolute atomic E-state index is 14.5. The Bertz CT molecular complexity index is 1120. The van der Waals surface area contributed by atoms with Gasteiger partial charge < -0.3 is 14.0 Å². The molecule has 1 aliphatic rings. The highest BCUT2D eigenvalue weighted by atomic mass is 79.9. The third-order valence-corrected chi connectivity index (χ3v) is 5.49. The van der Waals surface area contributed by atoms with Gasteiger partial charge in [-0.25, -0.2) is 9.18 Å². The van der Waals surface area contributed by atoms with Gasteiger partial charge in [-0.3, -0.25) is 19.3 Å². The van der Waals surface area contributed by atoms with Crippen molar-refractivity contribution in [3.05, 3.63) is 58.1 Å². The van der Waals surface area contributed by atoms with Crippen LogP contribution in [0.4, 0.5) is 4.39 Å². The fourth-order valence-electron chi connectivity index (χ4n) is 3.66. The summed E-state index contributed by atoms with van der Waals surface area (Å²) in [6.45, 7) is 6.02. The normalized spacial score (nSPS) is 18.2. The molecule has 0 spiro atoms. The first-order valence-electron chi connectivity index (χ1n) is 10.3. The molecule has 0 radical (unpaired) electrons. The highest BCUT2D eigenvalue weighted by molar-refractivity contribution is 9.10. The van der Waals surface area contributed by atoms with Crippen LogP contribution in [-0.4, -0.2) is 45.4 Å². The fraction of sp³-hybridized carbons (Fsp3) is 0.391. The Kier molecular flexibility index (Phi) is 6.78. The van der Waals surface area contributed by atoms with E-state index in [1.807, 2.05) is 0 Å². The van der Waals surface area contributed by atoms with Crippen LogP contribution in [0.2, 0.25) is 0 Å². The summed E-state index contributed by atoms with van der Waals surface area (Å²) in [5, 5.41) is 0. The topological polar surface area (TPSA) is 94.9 Å². The zero-order chi connectivity index (χ0) is 24.6. The minimum atomic E-state index is -2.21. The number of nitrogens with zero attached hydrogens (tertiary/aromatic N) is 2. The fourth-order valence-corrected chi connectivity index (χ4v) is 4.00. The van der Waals surface area contributed by atoms with Crippen LogP contribution in [0.3, 0.4) is 0 Å². The van der Waals surface area contributed by atoms with Crippen molar-refractivity contribution >= 4 is 39.7 Å². The molecule has 3 rings (SSSR count). The lowest BCUT2D eigenvalue weighted by Gasteiger charge is -2.40. The second kappa shape index (κ2) is 9.09. The van der Waals surface area contributed by atoms with E-state index in [0.717, 1.165) is 9.47 Å². The molecule has 1 aliphatic heterocycles. The molecule has 1 aromatic heterocycles. The van der Waals surface area contributed by atoms with Gasteiger partial charge in [0.15, 0.2) is 0 Å². The third-order valence-electron chi connectivity index (χ3n) is 5.00. The zero-order valence-electron chi connectivity index (χ0n) is 18.7. The van der Waals surface area contributed by atoms with E-state index in [0.29, 0.717) is 4.47 Å². The van der Waals surface area contributed by atoms with Crippen molar-refractivity contribution in [3.63, 3.8) is 0 Å². The molecule has 0 bridgehead atoms. The Morgan fingerprint density at radius 3 is 2.48 bits per heavy atom. The van der Waals surface area contributed by atoms with E-state index < -0.39 is 53.7 Å². The van der Waals surface area contributed by atoms with E-state index in [-0.39, 0.29) is 17.9 Å². The lowest BCUT2D eigenvalue weighted by Crippen LogP contribution is -2.62. The molecule has 10 heteroatoms. The number of benzene rings is 1. The predicted molar refractivity (Wildman–Crippen MR) is 118 cm³/mol. The van der Waals surface area contributed by atoms with Gasteiger partial charge in [-0.15, -0.1) is 0 Å². The number of ether oxygens (including phenoxy) is 2. The van der Waals surface area contributed by atoms with Crippen molar-refractivity contribution in [1.29, 1.82) is 0 Å². The molecule has 2 aromatic rings. The van der Waals surface area contributed by atoms with Crippen molar-refractivity contribution < 1.29 is 33.0 Å². The average Bonchev–Trinajstić information content (AvgIpc) is 3.19. The largest absolute Gasteiger partial charge is 0.464 e. The molecule has 2 heterocycles. The summed E-state index contributed by atoms with van der Waals surface area (Å²) in [6.07, 6.45) is 0.667. The summed E-state index contributed by atoms with van der Waals surface area (Å²) in [4.78, 5) is 53.7. The van der Waals surface area contributed by atoms with Crippen molar-refractivity contribution in [2.75, 3.05) is 6.61 Å². The minimum absolute atomic E-state index is 0.0104. The van der Waals surface area contributed by atoms with Crippen molar-refractivity contribution in [2.45, 2.75) is 51.8 Å². The summed E-state index contributed by atoms with van der Waals surface area (Å²) in [5.74, 6) is -4.20. The Balaban J connectivity index is 2.13. The molecular weight excluding hydrogens is 499 g/mol. The van der Waals surface area contributed by atoms with E-state index in [9.17, 15) is 23.6 Å². The van der Waals surface area contributed by atoms with Crippen LogP contribution < -0.4 is 0 Å². The molecule has 0 saturated carbocycles. The van der Waals surface area contributed by atoms with Crippen molar-refractivity contribution in [3.8, 4) is 0 Å². The quantitative estimate of drug-likeness (QED) is 0.327. The van der Waals surface area contributed by atoms with Gasteiger partial charge in [0.25, 0.3) is 11.8 Å². The number of halogens is 2. The molecule has 2 amide bonds. The average molecular weight is 523 g/mol. The summed E-state index contributed by atoms with van der Waals surface area (Å²) in [6, 6.07) is 7.10. The number of carbonyl (C=O) groups excluding carboxylic acids is 4. The maximum atomic E-state index is 14.5. The van der Waals surface area contributed by atoms with Crippen LogP contribution in [0.1, 0.15) is 50.2 Å². The summed E-state index contributed by atoms with van der Waals surface area (Å²) in [7, 11) is 0. The molecule has 1 atom stereocenters. The number of fused-ring (bicyclic) bond motifs is 1. The summed E-state index contributed by atoms with van der Waals surface area (Å²) >= 11 is 3.16. The molecule has 33 heavy (non-hydrogen) atoms. The monoisotopic (exact) mass is 522 g/mol. The smallest absolute Gasteiger partial charge is 0.342 e. The molecule has 0 fully saturated rings. The molecule has 1 unspecified atom stereocenters. The Morgan fingerprint density at radius 1 is 1.18 bits per heavy atom. The standard InChI is InChI=1S/C23H24BrFN2O6/c1-5-32-21(31)23(12-18(28)33-22(2,3)4)20(30)26(19(29)17-7-6-10-27(17)23)13-14-8-9-15(24)11-16(14)25/h6-11H,5,12-13H2,1-4H3. The zero-order valence-corrected chi connectivity index (χ0v) is 20.3. The van der Waals surface area contributed by atoms with E-state index in [1.54, 1.807) is 33.8 Å². The Labute approximate surface area is 198 Å². The number of imide groups is 1. The summed E-state index contributed by atoms with van der Waals surface area (Å²) in [5.41, 5.74) is -3.03. The van der Waals surface area contributed by atoms with Gasteiger partial charge in [0.2, 0.25) is 5.54 Å². The van der Waals surface area contributed by atoms with Crippen LogP contribution in [0.25, 0.3) is 0 Å². The van der Waals surface area contributed by atoms with E-state index >= 15 is 0 Å². The lowest BCUT2D eigenvalue weighted by atomic mass is 9.89. The number of esters is 2. The van der Waals surface area contributed by atoms with Crippen LogP contribution in [-0.2, 0) is 35.9 Å². The highest BCUT2D eigenvalue weighted by Crippen LogP contribution is 2.35. The highest BCUT2D eigenvalue weighted by Gasteiger charge is 2.58. The van der Waals surface area contributed by atoms with Crippen LogP contribution in [0.15, 0.2) is 41.0 Å². The molecule has 0 N–H and O–H groups in total. The van der Waals surface area contributed by atoms with Gasteiger partial charge in [-0.1, -0.05) is 22.0 Å². The van der Waals surface area contributed by atoms with Crippen molar-refractivity contribution in [2.24, 2.45) is 0 Å². The second-order valence-corrected chi connectivity index (χ2v) is 9.46. The van der Waals surface area contributed by atoms with E-state index in [4.69, 9.17) is 9.47 Å². The molecule has 0 saturated heterocycles. The van der Waals surface area contributed by atoms with Gasteiger partial charge in [0.05, 0.1) is 19.6 Å². The third kappa shape index (κ3) is 4.71. The van der Waals surface area contributed by atoms with Crippen LogP contribution >= 0.6 is 15.9 Å². The first-order valence-corrected chi connectivity index (χ1v) is 11.1. The number of hydrogen-bond donors (Lipinski definition) is 0. The van der Waals surface area contributed by atoms with Gasteiger partial charge in [-0.05, 0) is 52.0 Å². The predicted octanol–water partition coefficient (Wildman–Crippen LogP) is 3.56. The Hall–Kier alpha value is -3.01. The lowest BCUT2D eigenvalue weighted by molar-refractivity contribution is -0.173. The number of aromatic nitrogens is 1. The van der Waals surface area contributed by atoms with Gasteiger partial charge in [0, 0.05) is 16.2 Å². The van der Waals surface area contributed by atoms with Gasteiger partial charge >= 0.3 is 11.9 Å². The minimum Gasteiger partial charge on any atom is -0.464 e. The first kappa shape index (κ1) is 24.6. The second-order valence-electron chi connectivity index (χ2n) is 8.54. The number of hydrogen-bond acceptors (Lipinski definition) is 6. The molecule has 1 aromatic carbocycles. The molecule has 176 valence electrons. The SMILES string of the molecule is CCOC(=O)C1(CC(=O)OC(C)(C)C)C(=O)N(Cc2ccc(Br)cc2F)C(=O)c2cccn21. The maximum Gasteiger partial charge on any atom is 0.342 e. The van der Waals surface area contributed by atoms with Crippen LogP contribution in [0.5, 0.6) is 0 Å². The van der Waals surface area contributed by atoms with Gasteiger partial charge in [0.1, 0.15) is 17.1 Å². The number of rotatable bonds is 6. The molecule has 0 aliphatic carbocycles.